The van der Waals surface area contributed by atoms with E-state index in [0.29, 0.717) is 11.1 Å². The molecule has 284 valence electrons. The highest BCUT2D eigenvalue weighted by Crippen LogP contribution is 2.34. The molecule has 0 saturated carbocycles. The first-order chi connectivity index (χ1) is 22.8. The summed E-state index contributed by atoms with van der Waals surface area (Å²) in [4.78, 5) is 2.98. The van der Waals surface area contributed by atoms with Crippen LogP contribution in [0.4, 0.5) is 0 Å². The van der Waals surface area contributed by atoms with E-state index in [1.54, 1.807) is 0 Å². The van der Waals surface area contributed by atoms with Crippen LogP contribution < -0.4 is 0 Å². The van der Waals surface area contributed by atoms with Gasteiger partial charge in [0.05, 0.1) is 0 Å². The molecule has 0 aromatic carbocycles. The Balaban J connectivity index is 4.45. The Morgan fingerprint density at radius 1 is 0.255 bits per heavy atom. The molecule has 47 heavy (non-hydrogen) atoms. The van der Waals surface area contributed by atoms with E-state index in [0.717, 1.165) is 0 Å². The van der Waals surface area contributed by atoms with Crippen LogP contribution in [0.25, 0.3) is 0 Å². The Morgan fingerprint density at radius 3 is 0.681 bits per heavy atom. The monoisotopic (exact) mass is 662 g/mol. The van der Waals surface area contributed by atoms with Crippen molar-refractivity contribution in [2.45, 2.75) is 291 Å². The van der Waals surface area contributed by atoms with Gasteiger partial charge in [0, 0.05) is 11.1 Å². The lowest BCUT2D eigenvalue weighted by Crippen LogP contribution is -2.55. The van der Waals surface area contributed by atoms with E-state index in [1.165, 1.54) is 238 Å². The summed E-state index contributed by atoms with van der Waals surface area (Å²) in [7, 11) is 0. The molecule has 1 nitrogen and oxygen atoms in total. The minimum atomic E-state index is 0.305. The van der Waals surface area contributed by atoms with Crippen molar-refractivity contribution in [3.05, 3.63) is 0 Å². The van der Waals surface area contributed by atoms with Crippen molar-refractivity contribution in [2.24, 2.45) is 0 Å². The van der Waals surface area contributed by atoms with Gasteiger partial charge in [-0.1, -0.05) is 233 Å². The first-order valence-corrected chi connectivity index (χ1v) is 22.6. The highest BCUT2D eigenvalue weighted by molar-refractivity contribution is 4.92. The largest absolute Gasteiger partial charge is 0.293 e. The molecule has 0 bridgehead atoms. The van der Waals surface area contributed by atoms with E-state index in [1.807, 2.05) is 0 Å². The standard InChI is InChI=1S/C46H95N/c1-8-11-14-17-20-23-25-27-29-31-33-36-39-42-45(4,5)47(44-41-38-35-22-19-16-13-10-3)46(6,7)43-40-37-34-32-30-28-26-24-21-18-15-12-9-2/h8-44H2,1-7H3. The summed E-state index contributed by atoms with van der Waals surface area (Å²) in [6.07, 6.45) is 51.8. The maximum Gasteiger partial charge on any atom is 0.0158 e. The van der Waals surface area contributed by atoms with Gasteiger partial charge in [0.2, 0.25) is 0 Å². The fraction of sp³-hybridized carbons (Fsp3) is 1.00. The van der Waals surface area contributed by atoms with Crippen molar-refractivity contribution in [1.29, 1.82) is 0 Å². The quantitative estimate of drug-likeness (QED) is 0.0593. The van der Waals surface area contributed by atoms with Crippen LogP contribution in [0.1, 0.15) is 280 Å². The molecule has 1 heteroatoms. The first-order valence-electron chi connectivity index (χ1n) is 22.6. The number of hydrogen-bond donors (Lipinski definition) is 0. The van der Waals surface area contributed by atoms with Gasteiger partial charge in [0.1, 0.15) is 0 Å². The molecule has 0 atom stereocenters. The lowest BCUT2D eigenvalue weighted by molar-refractivity contribution is 0.00151. The Labute approximate surface area is 301 Å². The van der Waals surface area contributed by atoms with Crippen molar-refractivity contribution >= 4 is 0 Å². The third kappa shape index (κ3) is 30.5. The molecular formula is C46H95N. The zero-order valence-electron chi connectivity index (χ0n) is 34.6. The Bertz CT molecular complexity index is 550. The highest BCUT2D eigenvalue weighted by atomic mass is 15.2. The van der Waals surface area contributed by atoms with E-state index in [-0.39, 0.29) is 0 Å². The van der Waals surface area contributed by atoms with Crippen LogP contribution in [-0.2, 0) is 0 Å². The summed E-state index contributed by atoms with van der Waals surface area (Å²) in [5.41, 5.74) is 0.609. The summed E-state index contributed by atoms with van der Waals surface area (Å²) in [6.45, 7) is 18.6. The molecule has 0 radical (unpaired) electrons. The first kappa shape index (κ1) is 47.0. The Hall–Kier alpha value is -0.0400. The van der Waals surface area contributed by atoms with E-state index in [4.69, 9.17) is 0 Å². The summed E-state index contributed by atoms with van der Waals surface area (Å²) in [5, 5.41) is 0. The van der Waals surface area contributed by atoms with Gasteiger partial charge in [-0.3, -0.25) is 4.90 Å². The number of nitrogens with zero attached hydrogens (tertiary/aromatic N) is 1. The molecule has 0 aliphatic rings. The summed E-state index contributed by atoms with van der Waals surface area (Å²) in [5.74, 6) is 0. The highest BCUT2D eigenvalue weighted by Gasteiger charge is 2.36. The van der Waals surface area contributed by atoms with E-state index < -0.39 is 0 Å². The van der Waals surface area contributed by atoms with Gasteiger partial charge in [-0.15, -0.1) is 0 Å². The maximum absolute atomic E-state index is 2.98. The minimum absolute atomic E-state index is 0.305. The fourth-order valence-corrected chi connectivity index (χ4v) is 8.25. The van der Waals surface area contributed by atoms with Crippen molar-refractivity contribution in [3.8, 4) is 0 Å². The molecule has 0 unspecified atom stereocenters. The molecular weight excluding hydrogens is 567 g/mol. The fourth-order valence-electron chi connectivity index (χ4n) is 8.25. The van der Waals surface area contributed by atoms with Gasteiger partial charge in [-0.05, 0) is 53.5 Å². The second-order valence-corrected chi connectivity index (χ2v) is 17.2. The van der Waals surface area contributed by atoms with E-state index in [9.17, 15) is 0 Å². The normalized spacial score (nSPS) is 12.5. The molecule has 0 saturated heterocycles. The van der Waals surface area contributed by atoms with Crippen LogP contribution in [-0.4, -0.2) is 22.5 Å². The molecule has 0 heterocycles. The van der Waals surface area contributed by atoms with Gasteiger partial charge in [-0.25, -0.2) is 0 Å². The van der Waals surface area contributed by atoms with Gasteiger partial charge >= 0.3 is 0 Å². The molecule has 0 N–H and O–H groups in total. The molecule has 0 amide bonds. The third-order valence-electron chi connectivity index (χ3n) is 11.5. The lowest BCUT2D eigenvalue weighted by Gasteiger charge is -2.49. The van der Waals surface area contributed by atoms with Gasteiger partial charge < -0.3 is 0 Å². The summed E-state index contributed by atoms with van der Waals surface area (Å²) in [6, 6.07) is 0. The Morgan fingerprint density at radius 2 is 0.447 bits per heavy atom. The van der Waals surface area contributed by atoms with Gasteiger partial charge in [0.25, 0.3) is 0 Å². The van der Waals surface area contributed by atoms with Crippen LogP contribution >= 0.6 is 0 Å². The van der Waals surface area contributed by atoms with Crippen molar-refractivity contribution < 1.29 is 0 Å². The van der Waals surface area contributed by atoms with Crippen LogP contribution in [0.5, 0.6) is 0 Å². The second-order valence-electron chi connectivity index (χ2n) is 17.2. The zero-order chi connectivity index (χ0) is 34.7. The number of unbranched alkanes of at least 4 members (excludes halogenated alkanes) is 31. The SMILES string of the molecule is CCCCCCCCCCCCCCCC(C)(C)N(CCCCCCCCCC)C(C)(C)CCCCCCCCCCCCCCC. The zero-order valence-corrected chi connectivity index (χ0v) is 34.6. The number of hydrogen-bond acceptors (Lipinski definition) is 1. The van der Waals surface area contributed by atoms with Crippen LogP contribution in [0, 0.1) is 0 Å². The van der Waals surface area contributed by atoms with Crippen molar-refractivity contribution in [1.82, 2.24) is 4.90 Å². The maximum atomic E-state index is 2.98. The van der Waals surface area contributed by atoms with Gasteiger partial charge in [0.15, 0.2) is 0 Å². The molecule has 0 aliphatic heterocycles. The van der Waals surface area contributed by atoms with Crippen LogP contribution in [0.15, 0.2) is 0 Å². The smallest absolute Gasteiger partial charge is 0.0158 e. The average molecular weight is 662 g/mol. The molecule has 0 rings (SSSR count). The third-order valence-corrected chi connectivity index (χ3v) is 11.5. The molecule has 0 aromatic rings. The second kappa shape index (κ2) is 34.4. The predicted octanol–water partition coefficient (Wildman–Crippen LogP) is 16.9. The molecule has 0 fully saturated rings. The van der Waals surface area contributed by atoms with Crippen LogP contribution in [0.3, 0.4) is 0 Å². The Kier molecular flexibility index (Phi) is 34.4. The van der Waals surface area contributed by atoms with E-state index >= 15 is 0 Å². The van der Waals surface area contributed by atoms with Crippen molar-refractivity contribution in [3.63, 3.8) is 0 Å². The molecule has 0 aromatic heterocycles. The predicted molar refractivity (Wildman–Crippen MR) is 218 cm³/mol. The topological polar surface area (TPSA) is 3.24 Å². The molecule has 0 spiro atoms. The van der Waals surface area contributed by atoms with E-state index in [2.05, 4.69) is 53.4 Å². The minimum Gasteiger partial charge on any atom is -0.293 e. The van der Waals surface area contributed by atoms with Crippen molar-refractivity contribution in [2.75, 3.05) is 6.54 Å². The lowest BCUT2D eigenvalue weighted by atomic mass is 9.85. The summed E-state index contributed by atoms with van der Waals surface area (Å²) < 4.78 is 0. The summed E-state index contributed by atoms with van der Waals surface area (Å²) >= 11 is 0. The average Bonchev–Trinajstić information content (AvgIpc) is 3.04. The number of rotatable bonds is 39. The molecule has 0 aliphatic carbocycles. The van der Waals surface area contributed by atoms with Gasteiger partial charge in [-0.2, -0.15) is 0 Å². The van der Waals surface area contributed by atoms with Crippen LogP contribution in [0.2, 0.25) is 0 Å².